The van der Waals surface area contributed by atoms with Crippen LogP contribution in [0.4, 0.5) is 0 Å². The van der Waals surface area contributed by atoms with Crippen LogP contribution >= 0.6 is 0 Å². The summed E-state index contributed by atoms with van der Waals surface area (Å²) in [6.45, 7) is 1.76. The summed E-state index contributed by atoms with van der Waals surface area (Å²) in [6.07, 6.45) is 6.45. The maximum atomic E-state index is 11.5. The summed E-state index contributed by atoms with van der Waals surface area (Å²) in [5, 5.41) is 6.34. The number of hydrogen-bond donors (Lipinski definition) is 2. The Morgan fingerprint density at radius 3 is 3.00 bits per heavy atom. The van der Waals surface area contributed by atoms with Gasteiger partial charge in [0.05, 0.1) is 6.26 Å². The van der Waals surface area contributed by atoms with Crippen molar-refractivity contribution in [3.05, 3.63) is 24.2 Å². The number of hydrogen-bond acceptors (Lipinski definition) is 3. The minimum absolute atomic E-state index is 0.104. The predicted octanol–water partition coefficient (Wildman–Crippen LogP) is 1.47. The summed E-state index contributed by atoms with van der Waals surface area (Å²) in [7, 11) is 0. The molecule has 4 heteroatoms. The molecule has 1 amide bonds. The zero-order valence-corrected chi connectivity index (χ0v) is 10.1. The van der Waals surface area contributed by atoms with E-state index in [4.69, 9.17) is 4.42 Å². The summed E-state index contributed by atoms with van der Waals surface area (Å²) < 4.78 is 5.17. The Hall–Kier alpha value is -1.29. The third kappa shape index (κ3) is 5.04. The molecule has 0 unspecified atom stereocenters. The molecule has 2 rings (SSSR count). The molecular formula is C13H20N2O2. The van der Waals surface area contributed by atoms with E-state index in [0.29, 0.717) is 12.8 Å². The van der Waals surface area contributed by atoms with E-state index >= 15 is 0 Å². The van der Waals surface area contributed by atoms with E-state index in [1.165, 1.54) is 12.8 Å². The minimum Gasteiger partial charge on any atom is -0.469 e. The quantitative estimate of drug-likeness (QED) is 0.672. The van der Waals surface area contributed by atoms with E-state index < -0.39 is 0 Å². The highest BCUT2D eigenvalue weighted by Gasteiger charge is 2.19. The molecule has 0 aromatic carbocycles. The van der Waals surface area contributed by atoms with E-state index in [1.54, 1.807) is 6.26 Å². The Morgan fingerprint density at radius 1 is 1.41 bits per heavy atom. The van der Waals surface area contributed by atoms with Crippen molar-refractivity contribution in [2.75, 3.05) is 13.1 Å². The molecule has 1 aromatic heterocycles. The second-order valence-corrected chi connectivity index (χ2v) is 4.51. The average molecular weight is 236 g/mol. The van der Waals surface area contributed by atoms with E-state index in [2.05, 4.69) is 10.6 Å². The molecule has 4 nitrogen and oxygen atoms in total. The molecule has 0 bridgehead atoms. The number of rotatable bonds is 8. The van der Waals surface area contributed by atoms with Crippen molar-refractivity contribution >= 4 is 5.91 Å². The molecule has 17 heavy (non-hydrogen) atoms. The SMILES string of the molecule is O=C(CCc1ccco1)NCCCNC1CC1. The summed E-state index contributed by atoms with van der Waals surface area (Å²) in [5.74, 6) is 0.975. The Kier molecular flexibility index (Phi) is 4.62. The first kappa shape index (κ1) is 12.2. The third-order valence-corrected chi connectivity index (χ3v) is 2.86. The first-order valence-electron chi connectivity index (χ1n) is 6.37. The number of carbonyl (C=O) groups excluding carboxylic acids is 1. The second kappa shape index (κ2) is 6.45. The van der Waals surface area contributed by atoms with Crippen LogP contribution in [0.5, 0.6) is 0 Å². The van der Waals surface area contributed by atoms with Crippen molar-refractivity contribution in [2.45, 2.75) is 38.1 Å². The normalized spacial score (nSPS) is 14.8. The fourth-order valence-corrected chi connectivity index (χ4v) is 1.69. The van der Waals surface area contributed by atoms with Gasteiger partial charge in [-0.25, -0.2) is 0 Å². The Bertz CT molecular complexity index is 331. The highest BCUT2D eigenvalue weighted by molar-refractivity contribution is 5.75. The fraction of sp³-hybridized carbons (Fsp3) is 0.615. The summed E-state index contributed by atoms with van der Waals surface area (Å²) >= 11 is 0. The zero-order valence-electron chi connectivity index (χ0n) is 10.1. The van der Waals surface area contributed by atoms with Crippen LogP contribution in [-0.4, -0.2) is 25.0 Å². The van der Waals surface area contributed by atoms with E-state index in [9.17, 15) is 4.79 Å². The van der Waals surface area contributed by atoms with Gasteiger partial charge in [0.2, 0.25) is 5.91 Å². The maximum Gasteiger partial charge on any atom is 0.220 e. The van der Waals surface area contributed by atoms with Crippen LogP contribution in [0.15, 0.2) is 22.8 Å². The lowest BCUT2D eigenvalue weighted by molar-refractivity contribution is -0.121. The first-order chi connectivity index (χ1) is 8.34. The molecule has 0 aliphatic heterocycles. The van der Waals surface area contributed by atoms with Gasteiger partial charge >= 0.3 is 0 Å². The van der Waals surface area contributed by atoms with Gasteiger partial charge in [-0.2, -0.15) is 0 Å². The maximum absolute atomic E-state index is 11.5. The van der Waals surface area contributed by atoms with Gasteiger partial charge in [0, 0.05) is 25.4 Å². The van der Waals surface area contributed by atoms with Gasteiger partial charge in [-0.1, -0.05) is 0 Å². The van der Waals surface area contributed by atoms with Crippen molar-refractivity contribution in [1.29, 1.82) is 0 Å². The van der Waals surface area contributed by atoms with E-state index in [1.807, 2.05) is 12.1 Å². The Labute approximate surface area is 102 Å². The molecule has 0 saturated heterocycles. The third-order valence-electron chi connectivity index (χ3n) is 2.86. The zero-order chi connectivity index (χ0) is 11.9. The van der Waals surface area contributed by atoms with Crippen LogP contribution < -0.4 is 10.6 Å². The molecule has 0 spiro atoms. The molecule has 1 heterocycles. The van der Waals surface area contributed by atoms with Crippen LogP contribution in [0.1, 0.15) is 31.4 Å². The largest absolute Gasteiger partial charge is 0.469 e. The van der Waals surface area contributed by atoms with E-state index in [0.717, 1.165) is 31.3 Å². The first-order valence-corrected chi connectivity index (χ1v) is 6.37. The summed E-state index contributed by atoms with van der Waals surface area (Å²) in [6, 6.07) is 4.49. The fourth-order valence-electron chi connectivity index (χ4n) is 1.69. The van der Waals surface area contributed by atoms with Crippen LogP contribution in [0, 0.1) is 0 Å². The van der Waals surface area contributed by atoms with Crippen molar-refractivity contribution in [1.82, 2.24) is 10.6 Å². The van der Waals surface area contributed by atoms with Crippen LogP contribution in [0.25, 0.3) is 0 Å². The van der Waals surface area contributed by atoms with Crippen LogP contribution in [-0.2, 0) is 11.2 Å². The van der Waals surface area contributed by atoms with Gasteiger partial charge in [0.15, 0.2) is 0 Å². The second-order valence-electron chi connectivity index (χ2n) is 4.51. The number of furan rings is 1. The Morgan fingerprint density at radius 2 is 2.29 bits per heavy atom. The summed E-state index contributed by atoms with van der Waals surface area (Å²) in [5.41, 5.74) is 0. The van der Waals surface area contributed by atoms with Gasteiger partial charge in [-0.15, -0.1) is 0 Å². The number of aryl methyl sites for hydroxylation is 1. The van der Waals surface area contributed by atoms with Gasteiger partial charge in [0.25, 0.3) is 0 Å². The van der Waals surface area contributed by atoms with Gasteiger partial charge in [-0.05, 0) is 37.9 Å². The van der Waals surface area contributed by atoms with Gasteiger partial charge < -0.3 is 15.1 Å². The van der Waals surface area contributed by atoms with Crippen molar-refractivity contribution in [2.24, 2.45) is 0 Å². The topological polar surface area (TPSA) is 54.3 Å². The molecule has 1 aliphatic rings. The van der Waals surface area contributed by atoms with E-state index in [-0.39, 0.29) is 5.91 Å². The predicted molar refractivity (Wildman–Crippen MR) is 65.7 cm³/mol. The van der Waals surface area contributed by atoms with Crippen molar-refractivity contribution < 1.29 is 9.21 Å². The average Bonchev–Trinajstić information content (AvgIpc) is 3.00. The molecule has 1 aromatic rings. The molecule has 1 aliphatic carbocycles. The van der Waals surface area contributed by atoms with Crippen LogP contribution in [0.3, 0.4) is 0 Å². The van der Waals surface area contributed by atoms with Gasteiger partial charge in [0.1, 0.15) is 5.76 Å². The molecule has 2 N–H and O–H groups in total. The van der Waals surface area contributed by atoms with Gasteiger partial charge in [-0.3, -0.25) is 4.79 Å². The molecule has 1 saturated carbocycles. The minimum atomic E-state index is 0.104. The lowest BCUT2D eigenvalue weighted by Gasteiger charge is -2.05. The highest BCUT2D eigenvalue weighted by Crippen LogP contribution is 2.18. The highest BCUT2D eigenvalue weighted by atomic mass is 16.3. The van der Waals surface area contributed by atoms with Crippen LogP contribution in [0.2, 0.25) is 0 Å². The Balaban J connectivity index is 1.45. The molecule has 0 radical (unpaired) electrons. The van der Waals surface area contributed by atoms with Crippen molar-refractivity contribution in [3.63, 3.8) is 0 Å². The monoisotopic (exact) mass is 236 g/mol. The number of amides is 1. The lowest BCUT2D eigenvalue weighted by atomic mass is 10.2. The van der Waals surface area contributed by atoms with Crippen molar-refractivity contribution in [3.8, 4) is 0 Å². The molecule has 94 valence electrons. The standard InChI is InChI=1S/C13H20N2O2/c16-13(7-6-12-3-1-10-17-12)15-9-2-8-14-11-4-5-11/h1,3,10-11,14H,2,4-9H2,(H,15,16). The number of carbonyl (C=O) groups is 1. The molecule has 1 fully saturated rings. The number of nitrogens with one attached hydrogen (secondary N) is 2. The summed E-state index contributed by atoms with van der Waals surface area (Å²) in [4.78, 5) is 11.5. The molecular weight excluding hydrogens is 216 g/mol. The smallest absolute Gasteiger partial charge is 0.220 e. The molecule has 0 atom stereocenters. The lowest BCUT2D eigenvalue weighted by Crippen LogP contribution is -2.28.